The van der Waals surface area contributed by atoms with E-state index in [1.54, 1.807) is 0 Å². The molecular weight excluding hydrogens is 717 g/mol. The summed E-state index contributed by atoms with van der Waals surface area (Å²) in [5.74, 6) is -14.1. The molecular formula is C36H33ClF5N3O5S. The Hall–Kier alpha value is -4.37. The molecule has 15 heteroatoms. The molecule has 2 N–H and O–H groups in total. The lowest BCUT2D eigenvalue weighted by Crippen LogP contribution is -2.43. The van der Waals surface area contributed by atoms with Gasteiger partial charge in [0.2, 0.25) is 21.7 Å². The molecule has 0 aliphatic heterocycles. The number of nitrogens with one attached hydrogen (secondary N) is 1. The van der Waals surface area contributed by atoms with E-state index >= 15 is 0 Å². The standard InChI is InChI=1S/C36H33ClF5N3O5S/c1-36(2,3)25-15-21(14-24(16-25)22-6-7-22)18-45(27-12-8-23(9-13-27)35(47)43-48)28(46)19-44(17-20-4-10-26(37)11-5-20)51(49,50)34-32(41)30(39)29(38)31(40)33(34)42/h4-5,8-16,22,48H,6-7,17-19H2,1-3H3,(H,43,47). The van der Waals surface area contributed by atoms with Crippen molar-refractivity contribution in [3.05, 3.63) is 129 Å². The maximum Gasteiger partial charge on any atom is 0.274 e. The highest BCUT2D eigenvalue weighted by molar-refractivity contribution is 7.89. The van der Waals surface area contributed by atoms with Crippen LogP contribution in [0.2, 0.25) is 5.02 Å². The number of benzene rings is 4. The van der Waals surface area contributed by atoms with E-state index in [9.17, 15) is 40.0 Å². The summed E-state index contributed by atoms with van der Waals surface area (Å²) < 4.78 is 100. The van der Waals surface area contributed by atoms with Crippen molar-refractivity contribution in [1.29, 1.82) is 0 Å². The Kier molecular flexibility index (Phi) is 10.9. The average Bonchev–Trinajstić information content (AvgIpc) is 3.95. The second kappa shape index (κ2) is 14.7. The number of carbonyl (C=O) groups excluding carboxylic acids is 2. The lowest BCUT2D eigenvalue weighted by molar-refractivity contribution is -0.119. The number of hydrogen-bond acceptors (Lipinski definition) is 5. The van der Waals surface area contributed by atoms with Crippen LogP contribution >= 0.6 is 11.6 Å². The first-order valence-corrected chi connectivity index (χ1v) is 17.5. The third-order valence-corrected chi connectivity index (χ3v) is 10.5. The highest BCUT2D eigenvalue weighted by Crippen LogP contribution is 2.42. The van der Waals surface area contributed by atoms with Crippen molar-refractivity contribution in [2.45, 2.75) is 62.9 Å². The molecule has 0 bridgehead atoms. The summed E-state index contributed by atoms with van der Waals surface area (Å²) in [5, 5.41) is 9.32. The summed E-state index contributed by atoms with van der Waals surface area (Å²) in [7, 11) is -5.60. The highest BCUT2D eigenvalue weighted by atomic mass is 35.5. The lowest BCUT2D eigenvalue weighted by atomic mass is 9.84. The number of amides is 2. The molecule has 2 amide bonds. The third-order valence-electron chi connectivity index (χ3n) is 8.47. The van der Waals surface area contributed by atoms with Crippen molar-refractivity contribution >= 4 is 39.1 Å². The highest BCUT2D eigenvalue weighted by Gasteiger charge is 2.39. The number of anilines is 1. The van der Waals surface area contributed by atoms with Crippen molar-refractivity contribution in [3.63, 3.8) is 0 Å². The SMILES string of the molecule is CC(C)(C)c1cc(CN(C(=O)CN(Cc2ccc(Cl)cc2)S(=O)(=O)c2c(F)c(F)c(F)c(F)c2F)c2ccc(C(=O)NO)cc2)cc(C2CC2)c1. The van der Waals surface area contributed by atoms with E-state index in [-0.39, 0.29) is 33.8 Å². The summed E-state index contributed by atoms with van der Waals surface area (Å²) in [6, 6.07) is 16.8. The largest absolute Gasteiger partial charge is 0.307 e. The van der Waals surface area contributed by atoms with Crippen molar-refractivity contribution in [2.75, 3.05) is 11.4 Å². The second-order valence-electron chi connectivity index (χ2n) is 13.3. The summed E-state index contributed by atoms with van der Waals surface area (Å²) in [4.78, 5) is 25.4. The summed E-state index contributed by atoms with van der Waals surface area (Å²) in [6.45, 7) is 4.10. The number of sulfonamides is 1. The van der Waals surface area contributed by atoms with E-state index < -0.39 is 68.9 Å². The molecule has 5 rings (SSSR count). The molecule has 1 aliphatic rings. The zero-order valence-corrected chi connectivity index (χ0v) is 29.2. The molecule has 1 aliphatic carbocycles. The zero-order chi connectivity index (χ0) is 37.4. The summed E-state index contributed by atoms with van der Waals surface area (Å²) in [5.41, 5.74) is 4.29. The molecule has 0 atom stereocenters. The molecule has 4 aromatic carbocycles. The molecule has 0 radical (unpaired) electrons. The Morgan fingerprint density at radius 3 is 1.92 bits per heavy atom. The van der Waals surface area contributed by atoms with Crippen LogP contribution in [0.3, 0.4) is 0 Å². The van der Waals surface area contributed by atoms with Gasteiger partial charge in [-0.15, -0.1) is 0 Å². The van der Waals surface area contributed by atoms with Gasteiger partial charge in [-0.1, -0.05) is 62.7 Å². The molecule has 1 fully saturated rings. The van der Waals surface area contributed by atoms with Crippen molar-refractivity contribution in [2.24, 2.45) is 0 Å². The first kappa shape index (κ1) is 37.9. The molecule has 1 saturated carbocycles. The van der Waals surface area contributed by atoms with Gasteiger partial charge in [0.25, 0.3) is 5.91 Å². The summed E-state index contributed by atoms with van der Waals surface area (Å²) >= 11 is 5.96. The quantitative estimate of drug-likeness (QED) is 0.0537. The Bertz CT molecular complexity index is 2060. The second-order valence-corrected chi connectivity index (χ2v) is 15.6. The van der Waals surface area contributed by atoms with Crippen molar-refractivity contribution in [3.8, 4) is 0 Å². The normalized spacial score (nSPS) is 13.4. The van der Waals surface area contributed by atoms with Crippen LogP contribution in [0.4, 0.5) is 27.6 Å². The van der Waals surface area contributed by atoms with Gasteiger partial charge >= 0.3 is 0 Å². The lowest BCUT2D eigenvalue weighted by Gasteiger charge is -2.29. The third kappa shape index (κ3) is 8.25. The van der Waals surface area contributed by atoms with Crippen LogP contribution in [0.25, 0.3) is 0 Å². The number of rotatable bonds is 11. The van der Waals surface area contributed by atoms with Gasteiger partial charge in [0.05, 0.1) is 13.1 Å². The molecule has 51 heavy (non-hydrogen) atoms. The number of nitrogens with zero attached hydrogens (tertiary/aromatic N) is 2. The maximum atomic E-state index is 15.0. The minimum atomic E-state index is -5.60. The van der Waals surface area contributed by atoms with Crippen molar-refractivity contribution in [1.82, 2.24) is 9.79 Å². The van der Waals surface area contributed by atoms with Gasteiger partial charge in [-0.25, -0.2) is 35.8 Å². The van der Waals surface area contributed by atoms with Crippen molar-refractivity contribution < 1.29 is 45.2 Å². The average molecular weight is 750 g/mol. The molecule has 0 unspecified atom stereocenters. The van der Waals surface area contributed by atoms with E-state index in [1.165, 1.54) is 58.9 Å². The number of hydrogen-bond donors (Lipinski definition) is 2. The summed E-state index contributed by atoms with van der Waals surface area (Å²) in [6.07, 6.45) is 1.97. The van der Waals surface area contributed by atoms with Gasteiger partial charge in [0, 0.05) is 22.8 Å². The van der Waals surface area contributed by atoms with Gasteiger partial charge in [-0.05, 0) is 82.8 Å². The Morgan fingerprint density at radius 2 is 1.39 bits per heavy atom. The molecule has 8 nitrogen and oxygen atoms in total. The number of carbonyl (C=O) groups is 2. The van der Waals surface area contributed by atoms with Gasteiger partial charge in [-0.3, -0.25) is 14.8 Å². The predicted molar refractivity (Wildman–Crippen MR) is 179 cm³/mol. The van der Waals surface area contributed by atoms with Crippen LogP contribution < -0.4 is 10.4 Å². The van der Waals surface area contributed by atoms with Gasteiger partial charge in [0.1, 0.15) is 0 Å². The maximum absolute atomic E-state index is 15.0. The molecule has 270 valence electrons. The first-order chi connectivity index (χ1) is 23.9. The van der Waals surface area contributed by atoms with E-state index in [1.807, 2.05) is 32.9 Å². The van der Waals surface area contributed by atoms with E-state index in [2.05, 4.69) is 6.07 Å². The van der Waals surface area contributed by atoms with Crippen LogP contribution in [0.5, 0.6) is 0 Å². The Balaban J connectivity index is 1.61. The van der Waals surface area contributed by atoms with Crippen LogP contribution in [0, 0.1) is 29.1 Å². The van der Waals surface area contributed by atoms with Gasteiger partial charge < -0.3 is 4.90 Å². The molecule has 4 aromatic rings. The topological polar surface area (TPSA) is 107 Å². The molecule has 0 saturated heterocycles. The monoisotopic (exact) mass is 749 g/mol. The first-order valence-electron chi connectivity index (χ1n) is 15.7. The minimum Gasteiger partial charge on any atom is -0.307 e. The molecule has 0 aromatic heterocycles. The minimum absolute atomic E-state index is 0.0256. The van der Waals surface area contributed by atoms with E-state index in [0.717, 1.165) is 24.0 Å². The molecule has 0 spiro atoms. The van der Waals surface area contributed by atoms with Crippen LogP contribution in [0.15, 0.2) is 71.6 Å². The fourth-order valence-corrected chi connectivity index (χ4v) is 7.07. The number of hydroxylamine groups is 1. The molecule has 0 heterocycles. The zero-order valence-electron chi connectivity index (χ0n) is 27.6. The van der Waals surface area contributed by atoms with E-state index in [0.29, 0.717) is 15.8 Å². The van der Waals surface area contributed by atoms with Crippen LogP contribution in [-0.4, -0.2) is 36.3 Å². The fraction of sp³-hybridized carbons (Fsp3) is 0.278. The Labute approximate surface area is 296 Å². The Morgan fingerprint density at radius 1 is 0.824 bits per heavy atom. The fourth-order valence-electron chi connectivity index (χ4n) is 5.45. The smallest absolute Gasteiger partial charge is 0.274 e. The van der Waals surface area contributed by atoms with Gasteiger partial charge in [-0.2, -0.15) is 4.31 Å². The number of halogens is 6. The van der Waals surface area contributed by atoms with Crippen LogP contribution in [0.1, 0.15) is 72.1 Å². The predicted octanol–water partition coefficient (Wildman–Crippen LogP) is 7.75. The van der Waals surface area contributed by atoms with Gasteiger partial charge in [0.15, 0.2) is 28.2 Å². The van der Waals surface area contributed by atoms with Crippen LogP contribution in [-0.2, 0) is 33.3 Å². The van der Waals surface area contributed by atoms with E-state index in [4.69, 9.17) is 16.8 Å².